The van der Waals surface area contributed by atoms with Crippen molar-refractivity contribution in [2.75, 3.05) is 0 Å². The van der Waals surface area contributed by atoms with Crippen molar-refractivity contribution in [2.45, 2.75) is 13.3 Å². The van der Waals surface area contributed by atoms with Crippen LogP contribution in [-0.2, 0) is 6.42 Å². The van der Waals surface area contributed by atoms with Crippen LogP contribution in [0.1, 0.15) is 21.7 Å². The molecule has 0 spiro atoms. The van der Waals surface area contributed by atoms with E-state index in [9.17, 15) is 4.79 Å². The fourth-order valence-electron chi connectivity index (χ4n) is 2.24. The van der Waals surface area contributed by atoms with E-state index in [4.69, 9.17) is 27.6 Å². The van der Waals surface area contributed by atoms with Crippen LogP contribution >= 0.6 is 23.2 Å². The first-order valence-electron chi connectivity index (χ1n) is 6.50. The molecule has 3 aromatic rings. The van der Waals surface area contributed by atoms with Crippen LogP contribution in [0.3, 0.4) is 0 Å². The first-order chi connectivity index (χ1) is 10.0. The van der Waals surface area contributed by atoms with Gasteiger partial charge in [-0.15, -0.1) is 0 Å². The highest BCUT2D eigenvalue weighted by molar-refractivity contribution is 6.33. The van der Waals surface area contributed by atoms with Crippen molar-refractivity contribution in [3.63, 3.8) is 0 Å². The molecule has 1 heterocycles. The van der Waals surface area contributed by atoms with Crippen LogP contribution in [0.25, 0.3) is 11.0 Å². The Kier molecular flexibility index (Phi) is 3.75. The first kappa shape index (κ1) is 14.2. The molecule has 0 fully saturated rings. The number of carbonyl (C=O) groups is 1. The predicted octanol–water partition coefficient (Wildman–Crippen LogP) is 5.47. The lowest BCUT2D eigenvalue weighted by atomic mass is 10.1. The second-order valence-corrected chi connectivity index (χ2v) is 5.83. The minimum atomic E-state index is -0.118. The van der Waals surface area contributed by atoms with E-state index < -0.39 is 0 Å². The second-order valence-electron chi connectivity index (χ2n) is 4.99. The fraction of sp³-hybridized carbons (Fsp3) is 0.118. The lowest BCUT2D eigenvalue weighted by Crippen LogP contribution is -2.02. The fourth-order valence-corrected chi connectivity index (χ4v) is 2.62. The van der Waals surface area contributed by atoms with Gasteiger partial charge in [0.1, 0.15) is 5.58 Å². The summed E-state index contributed by atoms with van der Waals surface area (Å²) >= 11 is 12.0. The third-order valence-corrected chi connectivity index (χ3v) is 3.91. The lowest BCUT2D eigenvalue weighted by Gasteiger charge is -2.02. The zero-order valence-corrected chi connectivity index (χ0v) is 12.8. The maximum absolute atomic E-state index is 12.3. The average molecular weight is 319 g/mol. The minimum absolute atomic E-state index is 0.118. The maximum Gasteiger partial charge on any atom is 0.202 e. The Morgan fingerprint density at radius 3 is 2.71 bits per heavy atom. The van der Waals surface area contributed by atoms with Gasteiger partial charge >= 0.3 is 0 Å². The van der Waals surface area contributed by atoms with E-state index in [2.05, 4.69) is 0 Å². The highest BCUT2D eigenvalue weighted by Gasteiger charge is 2.15. The largest absolute Gasteiger partial charge is 0.453 e. The van der Waals surface area contributed by atoms with E-state index in [0.717, 1.165) is 10.9 Å². The SMILES string of the molecule is Cc1ccc2oc(C(=O)Cc3cc(Cl)ccc3Cl)cc2c1. The molecule has 0 amide bonds. The van der Waals surface area contributed by atoms with Crippen molar-refractivity contribution in [1.29, 1.82) is 0 Å². The highest BCUT2D eigenvalue weighted by atomic mass is 35.5. The molecule has 0 N–H and O–H groups in total. The van der Waals surface area contributed by atoms with Crippen LogP contribution < -0.4 is 0 Å². The molecule has 0 aliphatic carbocycles. The predicted molar refractivity (Wildman–Crippen MR) is 85.4 cm³/mol. The molecule has 0 aliphatic rings. The number of aryl methyl sites for hydroxylation is 1. The normalized spacial score (nSPS) is 11.0. The highest BCUT2D eigenvalue weighted by Crippen LogP contribution is 2.25. The van der Waals surface area contributed by atoms with Crippen molar-refractivity contribution < 1.29 is 9.21 Å². The Bertz CT molecular complexity index is 834. The van der Waals surface area contributed by atoms with Gasteiger partial charge in [-0.2, -0.15) is 0 Å². The summed E-state index contributed by atoms with van der Waals surface area (Å²) in [5.74, 6) is 0.222. The van der Waals surface area contributed by atoms with E-state index >= 15 is 0 Å². The molecule has 0 atom stereocenters. The van der Waals surface area contributed by atoms with Crippen LogP contribution in [0.4, 0.5) is 0 Å². The van der Waals surface area contributed by atoms with Crippen molar-refractivity contribution in [1.82, 2.24) is 0 Å². The number of ketones is 1. The molecule has 0 unspecified atom stereocenters. The zero-order chi connectivity index (χ0) is 15.0. The van der Waals surface area contributed by atoms with Crippen LogP contribution in [0.5, 0.6) is 0 Å². The molecule has 3 rings (SSSR count). The van der Waals surface area contributed by atoms with Gasteiger partial charge in [0.15, 0.2) is 5.76 Å². The molecule has 21 heavy (non-hydrogen) atoms. The third kappa shape index (κ3) is 2.97. The number of rotatable bonds is 3. The summed E-state index contributed by atoms with van der Waals surface area (Å²) in [7, 11) is 0. The van der Waals surface area contributed by atoms with Crippen molar-refractivity contribution >= 4 is 40.0 Å². The quantitative estimate of drug-likeness (QED) is 0.599. The Labute approximate surface area is 132 Å². The monoisotopic (exact) mass is 318 g/mol. The van der Waals surface area contributed by atoms with Gasteiger partial charge in [0.2, 0.25) is 5.78 Å². The maximum atomic E-state index is 12.3. The summed E-state index contributed by atoms with van der Waals surface area (Å²) in [6.07, 6.45) is 0.165. The smallest absolute Gasteiger partial charge is 0.202 e. The standard InChI is InChI=1S/C17H12Cl2O2/c1-10-2-5-16-12(6-10)9-17(21-16)15(20)8-11-7-13(18)3-4-14(11)19/h2-7,9H,8H2,1H3. The van der Waals surface area contributed by atoms with E-state index in [-0.39, 0.29) is 12.2 Å². The molecular formula is C17H12Cl2O2. The van der Waals surface area contributed by atoms with Gasteiger partial charge in [-0.3, -0.25) is 4.79 Å². The zero-order valence-electron chi connectivity index (χ0n) is 11.3. The summed E-state index contributed by atoms with van der Waals surface area (Å²) in [6.45, 7) is 2.00. The number of benzene rings is 2. The van der Waals surface area contributed by atoms with Gasteiger partial charge < -0.3 is 4.42 Å². The summed E-state index contributed by atoms with van der Waals surface area (Å²) in [5.41, 5.74) is 2.53. The molecule has 0 aliphatic heterocycles. The number of fused-ring (bicyclic) bond motifs is 1. The molecule has 0 saturated carbocycles. The number of hydrogen-bond donors (Lipinski definition) is 0. The molecule has 0 radical (unpaired) electrons. The molecule has 2 nitrogen and oxygen atoms in total. The number of hydrogen-bond acceptors (Lipinski definition) is 2. The van der Waals surface area contributed by atoms with Gasteiger partial charge in [0.25, 0.3) is 0 Å². The number of furan rings is 1. The van der Waals surface area contributed by atoms with Crippen LogP contribution in [0.15, 0.2) is 46.9 Å². The van der Waals surface area contributed by atoms with E-state index in [1.807, 2.05) is 25.1 Å². The molecular weight excluding hydrogens is 307 g/mol. The summed E-state index contributed by atoms with van der Waals surface area (Å²) in [6, 6.07) is 12.7. The molecule has 4 heteroatoms. The van der Waals surface area contributed by atoms with Gasteiger partial charge in [-0.05, 0) is 48.9 Å². The Hall–Kier alpha value is -1.77. The number of halogens is 2. The van der Waals surface area contributed by atoms with Gasteiger partial charge in [-0.25, -0.2) is 0 Å². The Balaban J connectivity index is 1.91. The number of carbonyl (C=O) groups excluding carboxylic acids is 1. The number of Topliss-reactive ketones (excluding diaryl/α,β-unsaturated/α-hetero) is 1. The van der Waals surface area contributed by atoms with Crippen LogP contribution in [0, 0.1) is 6.92 Å². The summed E-state index contributed by atoms with van der Waals surface area (Å²) in [5, 5.41) is 2.01. The Morgan fingerprint density at radius 1 is 1.10 bits per heavy atom. The van der Waals surface area contributed by atoms with Crippen LogP contribution in [-0.4, -0.2) is 5.78 Å². The molecule has 2 aromatic carbocycles. The van der Waals surface area contributed by atoms with Gasteiger partial charge in [0.05, 0.1) is 0 Å². The molecule has 0 saturated heterocycles. The van der Waals surface area contributed by atoms with E-state index in [1.165, 1.54) is 0 Å². The summed E-state index contributed by atoms with van der Waals surface area (Å²) < 4.78 is 5.60. The molecule has 0 bridgehead atoms. The Morgan fingerprint density at radius 2 is 1.90 bits per heavy atom. The topological polar surface area (TPSA) is 30.2 Å². The third-order valence-electron chi connectivity index (χ3n) is 3.31. The van der Waals surface area contributed by atoms with Crippen LogP contribution in [0.2, 0.25) is 10.0 Å². The van der Waals surface area contributed by atoms with Crippen molar-refractivity contribution in [3.05, 3.63) is 69.4 Å². The minimum Gasteiger partial charge on any atom is -0.453 e. The van der Waals surface area contributed by atoms with E-state index in [1.54, 1.807) is 24.3 Å². The molecule has 106 valence electrons. The molecule has 1 aromatic heterocycles. The van der Waals surface area contributed by atoms with Crippen molar-refractivity contribution in [3.8, 4) is 0 Å². The summed E-state index contributed by atoms with van der Waals surface area (Å²) in [4.78, 5) is 12.3. The van der Waals surface area contributed by atoms with Crippen molar-refractivity contribution in [2.24, 2.45) is 0 Å². The van der Waals surface area contributed by atoms with Gasteiger partial charge in [-0.1, -0.05) is 34.8 Å². The second kappa shape index (κ2) is 5.55. The van der Waals surface area contributed by atoms with E-state index in [0.29, 0.717) is 27.0 Å². The average Bonchev–Trinajstić information content (AvgIpc) is 2.86. The lowest BCUT2D eigenvalue weighted by molar-refractivity contribution is 0.0968. The van der Waals surface area contributed by atoms with Gasteiger partial charge in [0, 0.05) is 21.9 Å². The first-order valence-corrected chi connectivity index (χ1v) is 7.26.